The molecule has 3 heterocycles. The number of nitrogen functional groups attached to an aromatic ring is 1. The molecular formula is C15H23N5O2. The summed E-state index contributed by atoms with van der Waals surface area (Å²) in [5.41, 5.74) is 6.73. The van der Waals surface area contributed by atoms with Crippen molar-refractivity contribution in [1.82, 2.24) is 14.9 Å². The SMILES string of the molecule is Cc1cc(N2CCC3(CC2)C[C@@H](C(=O)O)N(C)C3)nc(N)n1. The Morgan fingerprint density at radius 3 is 2.64 bits per heavy atom. The van der Waals surface area contributed by atoms with E-state index in [1.807, 2.05) is 24.9 Å². The lowest BCUT2D eigenvalue weighted by atomic mass is 9.76. The normalized spacial score (nSPS) is 24.8. The first kappa shape index (κ1) is 15.0. The standard InChI is InChI=1S/C15H23N5O2/c1-10-7-12(18-14(16)17-10)20-5-3-15(4-6-20)8-11(13(21)22)19(2)9-15/h7,11H,3-6,8-9H2,1-2H3,(H,21,22)(H2,16,17,18)/t11-/m0/s1. The lowest BCUT2D eigenvalue weighted by Crippen LogP contribution is -2.41. The highest BCUT2D eigenvalue weighted by Gasteiger charge is 2.46. The minimum atomic E-state index is -0.707. The molecule has 22 heavy (non-hydrogen) atoms. The van der Waals surface area contributed by atoms with Crippen LogP contribution in [0.15, 0.2) is 6.07 Å². The first-order chi connectivity index (χ1) is 10.4. The van der Waals surface area contributed by atoms with Crippen LogP contribution < -0.4 is 10.6 Å². The number of likely N-dealkylation sites (N-methyl/N-ethyl adjacent to an activating group) is 1. The third-order valence-electron chi connectivity index (χ3n) is 5.03. The average Bonchev–Trinajstić information content (AvgIpc) is 2.75. The second kappa shape index (κ2) is 5.39. The van der Waals surface area contributed by atoms with Crippen LogP contribution in [0.1, 0.15) is 25.0 Å². The maximum absolute atomic E-state index is 11.3. The molecule has 3 N–H and O–H groups in total. The molecule has 7 heteroatoms. The van der Waals surface area contributed by atoms with Gasteiger partial charge in [0.25, 0.3) is 0 Å². The van der Waals surface area contributed by atoms with Crippen LogP contribution in [0.4, 0.5) is 11.8 Å². The smallest absolute Gasteiger partial charge is 0.320 e. The van der Waals surface area contributed by atoms with E-state index in [0.717, 1.165) is 50.4 Å². The van der Waals surface area contributed by atoms with E-state index in [-0.39, 0.29) is 11.5 Å². The van der Waals surface area contributed by atoms with E-state index < -0.39 is 5.97 Å². The highest BCUT2D eigenvalue weighted by atomic mass is 16.4. The molecule has 0 bridgehead atoms. The topological polar surface area (TPSA) is 95.6 Å². The van der Waals surface area contributed by atoms with Gasteiger partial charge in [-0.25, -0.2) is 4.98 Å². The van der Waals surface area contributed by atoms with E-state index in [1.54, 1.807) is 0 Å². The van der Waals surface area contributed by atoms with Crippen molar-refractivity contribution in [2.24, 2.45) is 5.41 Å². The van der Waals surface area contributed by atoms with Gasteiger partial charge in [-0.1, -0.05) is 0 Å². The fourth-order valence-electron chi connectivity index (χ4n) is 3.85. The molecule has 0 unspecified atom stereocenters. The summed E-state index contributed by atoms with van der Waals surface area (Å²) in [6.07, 6.45) is 2.73. The van der Waals surface area contributed by atoms with Crippen molar-refractivity contribution < 1.29 is 9.90 Å². The van der Waals surface area contributed by atoms with Gasteiger partial charge in [0.2, 0.25) is 5.95 Å². The number of nitrogens with two attached hydrogens (primary N) is 1. The van der Waals surface area contributed by atoms with E-state index in [0.29, 0.717) is 5.95 Å². The molecule has 0 radical (unpaired) electrons. The number of aryl methyl sites for hydroxylation is 1. The number of hydrogen-bond donors (Lipinski definition) is 2. The highest BCUT2D eigenvalue weighted by Crippen LogP contribution is 2.43. The molecular weight excluding hydrogens is 282 g/mol. The minimum absolute atomic E-state index is 0.127. The molecule has 1 aromatic rings. The summed E-state index contributed by atoms with van der Waals surface area (Å²) in [5.74, 6) is 0.476. The van der Waals surface area contributed by atoms with Gasteiger partial charge >= 0.3 is 5.97 Å². The van der Waals surface area contributed by atoms with E-state index in [4.69, 9.17) is 5.73 Å². The summed E-state index contributed by atoms with van der Waals surface area (Å²) >= 11 is 0. The molecule has 3 rings (SSSR count). The lowest BCUT2D eigenvalue weighted by molar-refractivity contribution is -0.141. The first-order valence-corrected chi connectivity index (χ1v) is 7.68. The lowest BCUT2D eigenvalue weighted by Gasteiger charge is -2.39. The molecule has 0 aromatic carbocycles. The zero-order chi connectivity index (χ0) is 15.9. The number of anilines is 2. The molecule has 2 aliphatic rings. The molecule has 0 aliphatic carbocycles. The largest absolute Gasteiger partial charge is 0.480 e. The number of carbonyl (C=O) groups is 1. The van der Waals surface area contributed by atoms with Crippen LogP contribution >= 0.6 is 0 Å². The van der Waals surface area contributed by atoms with E-state index in [1.165, 1.54) is 0 Å². The third-order valence-corrected chi connectivity index (χ3v) is 5.03. The molecule has 120 valence electrons. The Labute approximate surface area is 130 Å². The van der Waals surface area contributed by atoms with Gasteiger partial charge in [0, 0.05) is 31.4 Å². The number of carboxylic acids is 1. The fourth-order valence-corrected chi connectivity index (χ4v) is 3.85. The van der Waals surface area contributed by atoms with Crippen molar-refractivity contribution in [1.29, 1.82) is 0 Å². The number of aromatic nitrogens is 2. The molecule has 0 saturated carbocycles. The molecule has 2 saturated heterocycles. The monoisotopic (exact) mass is 305 g/mol. The second-order valence-corrected chi connectivity index (χ2v) is 6.69. The average molecular weight is 305 g/mol. The van der Waals surface area contributed by atoms with Gasteiger partial charge in [0.15, 0.2) is 0 Å². The van der Waals surface area contributed by atoms with Crippen molar-refractivity contribution >= 4 is 17.7 Å². The van der Waals surface area contributed by atoms with Crippen LogP contribution in [0.2, 0.25) is 0 Å². The quantitative estimate of drug-likeness (QED) is 0.832. The summed E-state index contributed by atoms with van der Waals surface area (Å²) in [5, 5.41) is 9.31. The Hall–Kier alpha value is -1.89. The molecule has 2 aliphatic heterocycles. The van der Waals surface area contributed by atoms with Gasteiger partial charge in [-0.15, -0.1) is 0 Å². The number of likely N-dealkylation sites (tertiary alicyclic amines) is 1. The van der Waals surface area contributed by atoms with E-state index in [2.05, 4.69) is 14.9 Å². The van der Waals surface area contributed by atoms with Gasteiger partial charge in [-0.05, 0) is 38.6 Å². The summed E-state index contributed by atoms with van der Waals surface area (Å²) < 4.78 is 0. The maximum Gasteiger partial charge on any atom is 0.320 e. The van der Waals surface area contributed by atoms with Crippen LogP contribution in [0, 0.1) is 12.3 Å². The molecule has 1 spiro atoms. The Bertz CT molecular complexity index is 563. The number of rotatable bonds is 2. The molecule has 2 fully saturated rings. The Morgan fingerprint density at radius 1 is 1.41 bits per heavy atom. The van der Waals surface area contributed by atoms with Crippen LogP contribution in [-0.2, 0) is 4.79 Å². The van der Waals surface area contributed by atoms with Crippen LogP contribution in [0.3, 0.4) is 0 Å². The van der Waals surface area contributed by atoms with Gasteiger partial charge in [-0.3, -0.25) is 9.69 Å². The third kappa shape index (κ3) is 2.72. The minimum Gasteiger partial charge on any atom is -0.480 e. The van der Waals surface area contributed by atoms with Crippen LogP contribution in [-0.4, -0.2) is 58.7 Å². The summed E-state index contributed by atoms with van der Waals surface area (Å²) in [4.78, 5) is 23.9. The predicted octanol–water partition coefficient (Wildman–Crippen LogP) is 0.743. The van der Waals surface area contributed by atoms with Crippen molar-refractivity contribution in [2.45, 2.75) is 32.2 Å². The molecule has 7 nitrogen and oxygen atoms in total. The summed E-state index contributed by atoms with van der Waals surface area (Å²) in [7, 11) is 1.91. The van der Waals surface area contributed by atoms with Gasteiger partial charge < -0.3 is 15.7 Å². The van der Waals surface area contributed by atoms with Gasteiger partial charge in [0.1, 0.15) is 11.9 Å². The summed E-state index contributed by atoms with van der Waals surface area (Å²) in [6, 6.07) is 1.61. The fraction of sp³-hybridized carbons (Fsp3) is 0.667. The number of carboxylic acid groups (broad SMARTS) is 1. The number of aliphatic carboxylic acids is 1. The van der Waals surface area contributed by atoms with Gasteiger partial charge in [0.05, 0.1) is 0 Å². The van der Waals surface area contributed by atoms with Crippen molar-refractivity contribution in [2.75, 3.05) is 37.3 Å². The Morgan fingerprint density at radius 2 is 2.09 bits per heavy atom. The van der Waals surface area contributed by atoms with Gasteiger partial charge in [-0.2, -0.15) is 4.98 Å². The Balaban J connectivity index is 1.69. The van der Waals surface area contributed by atoms with E-state index >= 15 is 0 Å². The molecule has 1 atom stereocenters. The van der Waals surface area contributed by atoms with Crippen LogP contribution in [0.5, 0.6) is 0 Å². The predicted molar refractivity (Wildman–Crippen MR) is 83.7 cm³/mol. The first-order valence-electron chi connectivity index (χ1n) is 7.68. The zero-order valence-electron chi connectivity index (χ0n) is 13.1. The van der Waals surface area contributed by atoms with E-state index in [9.17, 15) is 9.90 Å². The highest BCUT2D eigenvalue weighted by molar-refractivity contribution is 5.74. The number of hydrogen-bond acceptors (Lipinski definition) is 6. The van der Waals surface area contributed by atoms with Crippen molar-refractivity contribution in [3.05, 3.63) is 11.8 Å². The van der Waals surface area contributed by atoms with Crippen LogP contribution in [0.25, 0.3) is 0 Å². The number of nitrogens with zero attached hydrogens (tertiary/aromatic N) is 4. The molecule has 0 amide bonds. The second-order valence-electron chi connectivity index (χ2n) is 6.69. The number of piperidine rings is 1. The zero-order valence-corrected chi connectivity index (χ0v) is 13.1. The maximum atomic E-state index is 11.3. The molecule has 1 aromatic heterocycles. The van der Waals surface area contributed by atoms with Crippen molar-refractivity contribution in [3.63, 3.8) is 0 Å². The Kier molecular flexibility index (Phi) is 3.68. The summed E-state index contributed by atoms with van der Waals surface area (Å²) in [6.45, 7) is 4.55. The van der Waals surface area contributed by atoms with Crippen molar-refractivity contribution in [3.8, 4) is 0 Å².